The molecule has 0 aliphatic rings. The van der Waals surface area contributed by atoms with Gasteiger partial charge in [-0.2, -0.15) is 0 Å². The molecule has 0 saturated carbocycles. The number of carbonyl (C=O) groups excluding carboxylic acids is 1. The third-order valence-corrected chi connectivity index (χ3v) is 3.12. The number of carbonyl (C=O) groups is 1. The van der Waals surface area contributed by atoms with Crippen LogP contribution in [0.1, 0.15) is 5.56 Å². The largest absolute Gasteiger partial charge is 0.395 e. The number of likely N-dealkylation sites (N-methyl/N-ethyl adjacent to an activating group) is 1. The molecule has 2 aromatic rings. The minimum absolute atomic E-state index is 0.105. The maximum Gasteiger partial charge on any atom is 0.248 e. The molecule has 2 N–H and O–H groups in total. The molecule has 1 aromatic carbocycles. The molecule has 114 valence electrons. The number of aromatic nitrogens is 1. The first-order valence-electron chi connectivity index (χ1n) is 7.00. The Bertz CT molecular complexity index is 624. The fourth-order valence-electron chi connectivity index (χ4n) is 1.91. The van der Waals surface area contributed by atoms with Gasteiger partial charge in [0.05, 0.1) is 6.61 Å². The highest BCUT2D eigenvalue weighted by Gasteiger charge is 2.01. The third kappa shape index (κ3) is 4.71. The first-order valence-corrected chi connectivity index (χ1v) is 7.00. The number of nitrogens with zero attached hydrogens (tertiary/aromatic N) is 2. The van der Waals surface area contributed by atoms with Crippen LogP contribution >= 0.6 is 0 Å². The highest BCUT2D eigenvalue weighted by Crippen LogP contribution is 2.16. The molecule has 0 radical (unpaired) electrons. The number of anilines is 2. The van der Waals surface area contributed by atoms with E-state index in [0.717, 1.165) is 16.9 Å². The lowest BCUT2D eigenvalue weighted by Crippen LogP contribution is -2.20. The Kier molecular flexibility index (Phi) is 5.68. The van der Waals surface area contributed by atoms with E-state index < -0.39 is 0 Å². The molecule has 1 amide bonds. The van der Waals surface area contributed by atoms with Gasteiger partial charge in [-0.1, -0.05) is 6.07 Å². The quantitative estimate of drug-likeness (QED) is 0.802. The zero-order valence-electron chi connectivity index (χ0n) is 12.4. The predicted molar refractivity (Wildman–Crippen MR) is 88.7 cm³/mol. The molecule has 0 fully saturated rings. The van der Waals surface area contributed by atoms with Crippen LogP contribution < -0.4 is 10.2 Å². The summed E-state index contributed by atoms with van der Waals surface area (Å²) in [6.45, 7) is 0.674. The van der Waals surface area contributed by atoms with Crippen LogP contribution in [0, 0.1) is 0 Å². The van der Waals surface area contributed by atoms with Crippen molar-refractivity contribution in [3.05, 3.63) is 60.4 Å². The number of hydrogen-bond acceptors (Lipinski definition) is 4. The zero-order chi connectivity index (χ0) is 15.8. The number of rotatable bonds is 6. The van der Waals surface area contributed by atoms with E-state index in [1.54, 1.807) is 18.5 Å². The minimum Gasteiger partial charge on any atom is -0.395 e. The average molecular weight is 297 g/mol. The lowest BCUT2D eigenvalue weighted by Gasteiger charge is -2.18. The first kappa shape index (κ1) is 15.7. The second-order valence-corrected chi connectivity index (χ2v) is 4.80. The second kappa shape index (κ2) is 7.95. The summed E-state index contributed by atoms with van der Waals surface area (Å²) in [5.74, 6) is -0.194. The van der Waals surface area contributed by atoms with Crippen molar-refractivity contribution in [2.24, 2.45) is 0 Å². The lowest BCUT2D eigenvalue weighted by atomic mass is 10.2. The summed E-state index contributed by atoms with van der Waals surface area (Å²) in [5.41, 5.74) is 2.58. The molecule has 0 aliphatic heterocycles. The number of nitrogens with one attached hydrogen (secondary N) is 1. The van der Waals surface area contributed by atoms with E-state index in [2.05, 4.69) is 10.3 Å². The summed E-state index contributed by atoms with van der Waals surface area (Å²) in [6.07, 6.45) is 6.57. The van der Waals surface area contributed by atoms with Crippen LogP contribution in [-0.4, -0.2) is 36.2 Å². The van der Waals surface area contributed by atoms with Gasteiger partial charge >= 0.3 is 0 Å². The summed E-state index contributed by atoms with van der Waals surface area (Å²) >= 11 is 0. The van der Waals surface area contributed by atoms with Crippen LogP contribution in [0.4, 0.5) is 11.4 Å². The Morgan fingerprint density at radius 2 is 2.09 bits per heavy atom. The highest BCUT2D eigenvalue weighted by atomic mass is 16.3. The van der Waals surface area contributed by atoms with Crippen LogP contribution in [0.25, 0.3) is 6.08 Å². The minimum atomic E-state index is -0.194. The van der Waals surface area contributed by atoms with Crippen molar-refractivity contribution in [2.45, 2.75) is 0 Å². The summed E-state index contributed by atoms with van der Waals surface area (Å²) in [7, 11) is 1.90. The maximum absolute atomic E-state index is 11.8. The molecule has 0 atom stereocenters. The van der Waals surface area contributed by atoms with E-state index in [1.807, 2.05) is 48.3 Å². The first-order chi connectivity index (χ1) is 10.7. The predicted octanol–water partition coefficient (Wildman–Crippen LogP) is 2.16. The Balaban J connectivity index is 1.93. The van der Waals surface area contributed by atoms with Crippen molar-refractivity contribution in [3.63, 3.8) is 0 Å². The van der Waals surface area contributed by atoms with Crippen molar-refractivity contribution < 1.29 is 9.90 Å². The zero-order valence-corrected chi connectivity index (χ0v) is 12.4. The van der Waals surface area contributed by atoms with Crippen LogP contribution in [0.2, 0.25) is 0 Å². The van der Waals surface area contributed by atoms with Gasteiger partial charge in [0.15, 0.2) is 0 Å². The lowest BCUT2D eigenvalue weighted by molar-refractivity contribution is -0.111. The molecular formula is C17H19N3O2. The van der Waals surface area contributed by atoms with Crippen molar-refractivity contribution in [1.29, 1.82) is 0 Å². The number of aliphatic hydroxyl groups is 1. The maximum atomic E-state index is 11.8. The van der Waals surface area contributed by atoms with Crippen molar-refractivity contribution in [2.75, 3.05) is 30.4 Å². The smallest absolute Gasteiger partial charge is 0.248 e. The van der Waals surface area contributed by atoms with E-state index in [4.69, 9.17) is 5.11 Å². The molecule has 0 unspecified atom stereocenters. The Labute approximate surface area is 129 Å². The van der Waals surface area contributed by atoms with E-state index in [9.17, 15) is 4.79 Å². The second-order valence-electron chi connectivity index (χ2n) is 4.80. The van der Waals surface area contributed by atoms with Gasteiger partial charge in [0.25, 0.3) is 0 Å². The summed E-state index contributed by atoms with van der Waals surface area (Å²) < 4.78 is 0. The van der Waals surface area contributed by atoms with Crippen molar-refractivity contribution in [1.82, 2.24) is 4.98 Å². The topological polar surface area (TPSA) is 65.5 Å². The average Bonchev–Trinajstić information content (AvgIpc) is 2.55. The SMILES string of the molecule is CN(CCO)c1ccc(NC(=O)/C=C/c2cccnc2)cc1. The standard InChI is InChI=1S/C17H19N3O2/c1-20(11-12-21)16-7-5-15(6-8-16)19-17(22)9-4-14-3-2-10-18-13-14/h2-10,13,21H,11-12H2,1H3,(H,19,22)/b9-4+. The normalized spacial score (nSPS) is 10.6. The van der Waals surface area contributed by atoms with E-state index in [0.29, 0.717) is 6.54 Å². The van der Waals surface area contributed by atoms with Gasteiger partial charge in [-0.3, -0.25) is 9.78 Å². The molecule has 22 heavy (non-hydrogen) atoms. The molecule has 0 saturated heterocycles. The number of aliphatic hydroxyl groups excluding tert-OH is 1. The Hall–Kier alpha value is -2.66. The Morgan fingerprint density at radius 3 is 2.73 bits per heavy atom. The fourth-order valence-corrected chi connectivity index (χ4v) is 1.91. The monoisotopic (exact) mass is 297 g/mol. The van der Waals surface area contributed by atoms with Gasteiger partial charge in [0, 0.05) is 43.4 Å². The molecule has 1 heterocycles. The highest BCUT2D eigenvalue weighted by molar-refractivity contribution is 6.01. The Morgan fingerprint density at radius 1 is 1.32 bits per heavy atom. The van der Waals surface area contributed by atoms with Crippen molar-refractivity contribution >= 4 is 23.4 Å². The van der Waals surface area contributed by atoms with E-state index in [-0.39, 0.29) is 12.5 Å². The number of amides is 1. The number of pyridine rings is 1. The molecular weight excluding hydrogens is 278 g/mol. The van der Waals surface area contributed by atoms with Gasteiger partial charge in [-0.15, -0.1) is 0 Å². The number of hydrogen-bond donors (Lipinski definition) is 2. The van der Waals surface area contributed by atoms with Gasteiger partial charge in [-0.25, -0.2) is 0 Å². The van der Waals surface area contributed by atoms with Crippen molar-refractivity contribution in [3.8, 4) is 0 Å². The molecule has 0 spiro atoms. The van der Waals surface area contributed by atoms with E-state index >= 15 is 0 Å². The van der Waals surface area contributed by atoms with Crippen LogP contribution in [0.3, 0.4) is 0 Å². The molecule has 1 aromatic heterocycles. The third-order valence-electron chi connectivity index (χ3n) is 3.12. The van der Waals surface area contributed by atoms with Gasteiger partial charge < -0.3 is 15.3 Å². The van der Waals surface area contributed by atoms with Gasteiger partial charge in [0.1, 0.15) is 0 Å². The van der Waals surface area contributed by atoms with Crippen LogP contribution in [0.15, 0.2) is 54.9 Å². The fraction of sp³-hybridized carbons (Fsp3) is 0.176. The van der Waals surface area contributed by atoms with Gasteiger partial charge in [-0.05, 0) is 42.0 Å². The van der Waals surface area contributed by atoms with Gasteiger partial charge in [0.2, 0.25) is 5.91 Å². The molecule has 0 aliphatic carbocycles. The van der Waals surface area contributed by atoms with Crippen LogP contribution in [0.5, 0.6) is 0 Å². The summed E-state index contributed by atoms with van der Waals surface area (Å²) in [6, 6.07) is 11.2. The molecule has 0 bridgehead atoms. The number of benzene rings is 1. The van der Waals surface area contributed by atoms with Crippen LogP contribution in [-0.2, 0) is 4.79 Å². The molecule has 5 heteroatoms. The summed E-state index contributed by atoms with van der Waals surface area (Å²) in [5, 5.41) is 11.7. The van der Waals surface area contributed by atoms with E-state index in [1.165, 1.54) is 6.08 Å². The molecule has 5 nitrogen and oxygen atoms in total. The molecule has 2 rings (SSSR count). The summed E-state index contributed by atoms with van der Waals surface area (Å²) in [4.78, 5) is 17.8.